The van der Waals surface area contributed by atoms with Crippen LogP contribution < -0.4 is 0 Å². The van der Waals surface area contributed by atoms with Crippen LogP contribution in [0.25, 0.3) is 0 Å². The number of esters is 2. The third kappa shape index (κ3) is 5.14. The summed E-state index contributed by atoms with van der Waals surface area (Å²) in [6, 6.07) is 0. The fraction of sp³-hybridized carbons (Fsp3) is 0.727. The molecule has 4 saturated carbocycles. The molecule has 0 heterocycles. The predicted molar refractivity (Wildman–Crippen MR) is 104 cm³/mol. The lowest BCUT2D eigenvalue weighted by Crippen LogP contribution is -2.58. The second kappa shape index (κ2) is 7.69. The Bertz CT molecular complexity index is 597. The van der Waals surface area contributed by atoms with E-state index in [0.717, 1.165) is 11.8 Å². The normalized spacial score (nSPS) is 33.5. The van der Waals surface area contributed by atoms with Gasteiger partial charge in [-0.25, -0.2) is 9.59 Å². The van der Waals surface area contributed by atoms with Crippen LogP contribution in [0.5, 0.6) is 0 Å². The highest BCUT2D eigenvalue weighted by atomic mass is 16.6. The van der Waals surface area contributed by atoms with Crippen LogP contribution in [0.2, 0.25) is 0 Å². The van der Waals surface area contributed by atoms with Gasteiger partial charge in [0, 0.05) is 5.57 Å². The van der Waals surface area contributed by atoms with Crippen molar-refractivity contribution in [3.63, 3.8) is 0 Å². The Morgan fingerprint density at radius 2 is 1.41 bits per heavy atom. The van der Waals surface area contributed by atoms with Crippen molar-refractivity contribution in [3.8, 4) is 0 Å². The molecule has 4 rings (SSSR count). The molecule has 0 spiro atoms. The fourth-order valence-corrected chi connectivity index (χ4v) is 4.91. The summed E-state index contributed by atoms with van der Waals surface area (Å²) in [5, 5.41) is 9.12. The van der Waals surface area contributed by atoms with E-state index in [2.05, 4.69) is 20.1 Å². The van der Waals surface area contributed by atoms with Gasteiger partial charge < -0.3 is 14.6 Å². The zero-order valence-electron chi connectivity index (χ0n) is 17.3. The van der Waals surface area contributed by atoms with Crippen molar-refractivity contribution in [2.75, 3.05) is 0 Å². The Labute approximate surface area is 162 Å². The highest BCUT2D eigenvalue weighted by Gasteiger charge is 2.57. The third-order valence-corrected chi connectivity index (χ3v) is 6.05. The number of hydrogen-bond acceptors (Lipinski definition) is 5. The van der Waals surface area contributed by atoms with Gasteiger partial charge in [-0.05, 0) is 97.0 Å². The van der Waals surface area contributed by atoms with Crippen LogP contribution in [0.3, 0.4) is 0 Å². The van der Waals surface area contributed by atoms with Gasteiger partial charge in [0.05, 0.1) is 0 Å². The van der Waals surface area contributed by atoms with Gasteiger partial charge in [-0.15, -0.1) is 0 Å². The molecule has 0 unspecified atom stereocenters. The monoisotopic (exact) mass is 378 g/mol. The van der Waals surface area contributed by atoms with Crippen molar-refractivity contribution in [1.29, 1.82) is 0 Å². The van der Waals surface area contributed by atoms with Crippen molar-refractivity contribution in [2.45, 2.75) is 77.9 Å². The lowest BCUT2D eigenvalue weighted by Gasteiger charge is -2.58. The van der Waals surface area contributed by atoms with Gasteiger partial charge in [-0.3, -0.25) is 0 Å². The highest BCUT2D eigenvalue weighted by Crippen LogP contribution is 2.59. The number of carbonyl (C=O) groups excluding carboxylic acids is 2. The van der Waals surface area contributed by atoms with Crippen LogP contribution in [0.1, 0.15) is 66.7 Å². The first-order chi connectivity index (χ1) is 12.3. The van der Waals surface area contributed by atoms with Crippen LogP contribution in [-0.2, 0) is 19.1 Å². The van der Waals surface area contributed by atoms with Crippen molar-refractivity contribution in [1.82, 2.24) is 0 Å². The predicted octanol–water partition coefficient (Wildman–Crippen LogP) is 4.72. The summed E-state index contributed by atoms with van der Waals surface area (Å²) in [6.45, 7) is 15.9. The van der Waals surface area contributed by atoms with E-state index in [1.54, 1.807) is 6.92 Å². The summed E-state index contributed by atoms with van der Waals surface area (Å²) in [6.07, 6.45) is 6.14. The Kier molecular flexibility index (Phi) is 6.13. The minimum atomic E-state index is -0.639. The SMILES string of the molecule is C=C(C)C(=O)OC(C)(C)C.C=C(O)C(=O)OC1(C)C2CC3CC(C2)CC1C3. The zero-order valence-corrected chi connectivity index (χ0v) is 17.3. The molecule has 4 fully saturated rings. The average Bonchev–Trinajstić information content (AvgIpc) is 2.51. The van der Waals surface area contributed by atoms with Gasteiger partial charge in [0.1, 0.15) is 11.2 Å². The summed E-state index contributed by atoms with van der Waals surface area (Å²) in [4.78, 5) is 22.4. The van der Waals surface area contributed by atoms with Gasteiger partial charge in [0.2, 0.25) is 0 Å². The third-order valence-electron chi connectivity index (χ3n) is 6.05. The smallest absolute Gasteiger partial charge is 0.373 e. The van der Waals surface area contributed by atoms with E-state index in [0.29, 0.717) is 17.4 Å². The van der Waals surface area contributed by atoms with Crippen LogP contribution in [0, 0.1) is 23.7 Å². The number of rotatable bonds is 3. The van der Waals surface area contributed by atoms with E-state index in [4.69, 9.17) is 14.6 Å². The maximum absolute atomic E-state index is 11.6. The summed E-state index contributed by atoms with van der Waals surface area (Å²) in [7, 11) is 0. The molecule has 0 radical (unpaired) electrons. The maximum atomic E-state index is 11.6. The Balaban J connectivity index is 0.000000227. The number of aliphatic hydroxyl groups is 1. The van der Waals surface area contributed by atoms with Gasteiger partial charge >= 0.3 is 11.9 Å². The first-order valence-electron chi connectivity index (χ1n) is 9.82. The number of aliphatic hydroxyl groups excluding tert-OH is 1. The van der Waals surface area contributed by atoms with E-state index < -0.39 is 17.3 Å². The van der Waals surface area contributed by atoms with Crippen LogP contribution in [0.15, 0.2) is 24.5 Å². The zero-order chi connectivity index (χ0) is 20.6. The van der Waals surface area contributed by atoms with E-state index >= 15 is 0 Å². The van der Waals surface area contributed by atoms with Crippen molar-refractivity contribution in [3.05, 3.63) is 24.5 Å². The summed E-state index contributed by atoms with van der Waals surface area (Å²) in [5.41, 5.74) is -0.332. The van der Waals surface area contributed by atoms with Crippen LogP contribution >= 0.6 is 0 Å². The molecule has 0 aromatic carbocycles. The van der Waals surface area contributed by atoms with E-state index in [1.165, 1.54) is 32.1 Å². The quantitative estimate of drug-likeness (QED) is 0.437. The minimum Gasteiger partial charge on any atom is -0.502 e. The lowest BCUT2D eigenvalue weighted by molar-refractivity contribution is -0.201. The van der Waals surface area contributed by atoms with Crippen LogP contribution in [0.4, 0.5) is 0 Å². The Morgan fingerprint density at radius 1 is 0.963 bits per heavy atom. The lowest BCUT2D eigenvalue weighted by atomic mass is 9.50. The first-order valence-corrected chi connectivity index (χ1v) is 9.82. The Morgan fingerprint density at radius 3 is 1.70 bits per heavy atom. The van der Waals surface area contributed by atoms with Crippen molar-refractivity contribution in [2.24, 2.45) is 23.7 Å². The van der Waals surface area contributed by atoms with E-state index in [-0.39, 0.29) is 11.6 Å². The molecule has 4 aliphatic rings. The molecule has 0 amide bonds. The molecule has 4 bridgehead atoms. The second-order valence-electron chi connectivity index (χ2n) is 9.61. The highest BCUT2D eigenvalue weighted by molar-refractivity contribution is 5.87. The molecule has 0 aromatic rings. The number of hydrogen-bond donors (Lipinski definition) is 1. The first kappa shape index (κ1) is 21.5. The standard InChI is InChI=1S/C14H20O3.C8H14O2/c1-8(15)13(16)17-14(2)11-4-9-3-10(6-11)7-12(14)5-9;1-6(2)7(9)10-8(3,4)5/h9-12,15H,1,3-7H2,2H3;1H2,2-5H3. The summed E-state index contributed by atoms with van der Waals surface area (Å²) < 4.78 is 10.5. The van der Waals surface area contributed by atoms with Crippen molar-refractivity contribution < 1.29 is 24.2 Å². The molecule has 5 heteroatoms. The molecule has 0 aromatic heterocycles. The molecule has 27 heavy (non-hydrogen) atoms. The molecule has 1 N–H and O–H groups in total. The molecular weight excluding hydrogens is 344 g/mol. The molecule has 0 aliphatic heterocycles. The van der Waals surface area contributed by atoms with Crippen molar-refractivity contribution >= 4 is 11.9 Å². The summed E-state index contributed by atoms with van der Waals surface area (Å²) >= 11 is 0. The molecule has 0 atom stereocenters. The topological polar surface area (TPSA) is 72.8 Å². The molecule has 0 saturated heterocycles. The largest absolute Gasteiger partial charge is 0.502 e. The van der Waals surface area contributed by atoms with E-state index in [9.17, 15) is 9.59 Å². The van der Waals surface area contributed by atoms with Gasteiger partial charge in [-0.1, -0.05) is 6.58 Å². The molecule has 5 nitrogen and oxygen atoms in total. The minimum absolute atomic E-state index is 0.326. The molecule has 152 valence electrons. The van der Waals surface area contributed by atoms with Crippen LogP contribution in [-0.4, -0.2) is 28.2 Å². The molecular formula is C22H34O5. The fourth-order valence-electron chi connectivity index (χ4n) is 4.91. The number of carbonyl (C=O) groups is 2. The van der Waals surface area contributed by atoms with E-state index in [1.807, 2.05) is 20.8 Å². The average molecular weight is 379 g/mol. The van der Waals surface area contributed by atoms with Gasteiger partial charge in [0.15, 0.2) is 5.76 Å². The maximum Gasteiger partial charge on any atom is 0.373 e. The second-order valence-corrected chi connectivity index (χ2v) is 9.61. The molecule has 4 aliphatic carbocycles. The number of ether oxygens (including phenoxy) is 2. The Hall–Kier alpha value is -1.78. The van der Waals surface area contributed by atoms with Gasteiger partial charge in [0.25, 0.3) is 0 Å². The summed E-state index contributed by atoms with van der Waals surface area (Å²) in [5.74, 6) is 1.24. The van der Waals surface area contributed by atoms with Gasteiger partial charge in [-0.2, -0.15) is 0 Å².